The average molecular weight is 353 g/mol. The Balaban J connectivity index is 2.12. The lowest BCUT2D eigenvalue weighted by Crippen LogP contribution is -2.47. The van der Waals surface area contributed by atoms with Crippen molar-refractivity contribution in [3.05, 3.63) is 28.5 Å². The van der Waals surface area contributed by atoms with E-state index in [0.717, 1.165) is 29.3 Å². The van der Waals surface area contributed by atoms with E-state index in [1.807, 2.05) is 12.4 Å². The molecule has 1 N–H and O–H groups in total. The van der Waals surface area contributed by atoms with Gasteiger partial charge in [0.25, 0.3) is 0 Å². The number of pyridine rings is 1. The van der Waals surface area contributed by atoms with Gasteiger partial charge in [-0.1, -0.05) is 34.1 Å². The fourth-order valence-electron chi connectivity index (χ4n) is 4.01. The summed E-state index contributed by atoms with van der Waals surface area (Å²) in [5.41, 5.74) is 1.64. The van der Waals surface area contributed by atoms with Gasteiger partial charge in [-0.2, -0.15) is 0 Å². The van der Waals surface area contributed by atoms with E-state index < -0.39 is 0 Å². The van der Waals surface area contributed by atoms with Crippen LogP contribution in [0.3, 0.4) is 0 Å². The van der Waals surface area contributed by atoms with Crippen molar-refractivity contribution in [1.82, 2.24) is 10.3 Å². The Morgan fingerprint density at radius 3 is 2.76 bits per heavy atom. The van der Waals surface area contributed by atoms with Gasteiger partial charge in [-0.15, -0.1) is 0 Å². The predicted molar refractivity (Wildman–Crippen MR) is 93.4 cm³/mol. The lowest BCUT2D eigenvalue weighted by Gasteiger charge is -2.45. The Kier molecular flexibility index (Phi) is 5.84. The quantitative estimate of drug-likeness (QED) is 0.820. The van der Waals surface area contributed by atoms with E-state index in [0.29, 0.717) is 11.5 Å². The first kappa shape index (κ1) is 17.0. The molecule has 1 aromatic rings. The maximum atomic E-state index is 4.32. The average Bonchev–Trinajstić information content (AvgIpc) is 2.38. The van der Waals surface area contributed by atoms with Crippen LogP contribution in [0.5, 0.6) is 0 Å². The second-order valence-electron chi connectivity index (χ2n) is 7.37. The normalized spacial score (nSPS) is 26.8. The minimum absolute atomic E-state index is 0.301. The molecule has 0 aromatic carbocycles. The molecule has 1 fully saturated rings. The Morgan fingerprint density at radius 2 is 2.10 bits per heavy atom. The van der Waals surface area contributed by atoms with Gasteiger partial charge in [0.2, 0.25) is 0 Å². The Bertz CT molecular complexity index is 458. The lowest BCUT2D eigenvalue weighted by atomic mass is 9.64. The molecule has 3 atom stereocenters. The van der Waals surface area contributed by atoms with Crippen molar-refractivity contribution in [3.8, 4) is 0 Å². The second-order valence-corrected chi connectivity index (χ2v) is 8.28. The largest absolute Gasteiger partial charge is 0.314 e. The van der Waals surface area contributed by atoms with Crippen molar-refractivity contribution in [2.75, 3.05) is 6.54 Å². The highest BCUT2D eigenvalue weighted by Gasteiger charge is 2.38. The first-order valence-electron chi connectivity index (χ1n) is 8.25. The van der Waals surface area contributed by atoms with Crippen LogP contribution in [-0.4, -0.2) is 17.6 Å². The smallest absolute Gasteiger partial charge is 0.0410 e. The molecule has 3 unspecified atom stereocenters. The van der Waals surface area contributed by atoms with Crippen LogP contribution >= 0.6 is 15.9 Å². The molecule has 1 saturated carbocycles. The van der Waals surface area contributed by atoms with Crippen LogP contribution < -0.4 is 5.32 Å². The fourth-order valence-corrected chi connectivity index (χ4v) is 4.43. The van der Waals surface area contributed by atoms with Crippen molar-refractivity contribution in [3.63, 3.8) is 0 Å². The summed E-state index contributed by atoms with van der Waals surface area (Å²) in [4.78, 5) is 4.32. The molecule has 0 radical (unpaired) electrons. The molecule has 118 valence electrons. The maximum absolute atomic E-state index is 4.32. The first-order chi connectivity index (χ1) is 9.92. The fraction of sp³-hybridized carbons (Fsp3) is 0.722. The summed E-state index contributed by atoms with van der Waals surface area (Å²) in [6, 6.07) is 2.87. The molecule has 1 heterocycles. The molecule has 2 nitrogen and oxygen atoms in total. The summed E-state index contributed by atoms with van der Waals surface area (Å²) < 4.78 is 1.08. The van der Waals surface area contributed by atoms with E-state index in [4.69, 9.17) is 0 Å². The predicted octanol–water partition coefficient (Wildman–Crippen LogP) is 4.83. The minimum Gasteiger partial charge on any atom is -0.314 e. The van der Waals surface area contributed by atoms with Crippen LogP contribution in [0.4, 0.5) is 0 Å². The van der Waals surface area contributed by atoms with Gasteiger partial charge in [0, 0.05) is 22.9 Å². The maximum Gasteiger partial charge on any atom is 0.0410 e. The minimum atomic E-state index is 0.301. The van der Waals surface area contributed by atoms with Gasteiger partial charge < -0.3 is 5.32 Å². The van der Waals surface area contributed by atoms with Crippen LogP contribution in [0.1, 0.15) is 52.5 Å². The molecule has 3 heteroatoms. The van der Waals surface area contributed by atoms with Crippen molar-refractivity contribution >= 4 is 15.9 Å². The molecule has 0 amide bonds. The number of nitrogens with one attached hydrogen (secondary N) is 1. The van der Waals surface area contributed by atoms with E-state index >= 15 is 0 Å². The molecule has 21 heavy (non-hydrogen) atoms. The summed E-state index contributed by atoms with van der Waals surface area (Å²) in [6.45, 7) is 10.5. The molecule has 0 aliphatic heterocycles. The molecular formula is C18H29BrN2. The standard InChI is InChI=1S/C18H29BrN2/c1-5-21-17-8-13(2)6-7-16(17)18(3,4)10-14-9-15(19)12-20-11-14/h9,11-13,16-17,21H,5-8,10H2,1-4H3. The third kappa shape index (κ3) is 4.53. The number of hydrogen-bond donors (Lipinski definition) is 1. The van der Waals surface area contributed by atoms with Crippen LogP contribution in [0.15, 0.2) is 22.9 Å². The summed E-state index contributed by atoms with van der Waals surface area (Å²) in [5, 5.41) is 3.74. The zero-order chi connectivity index (χ0) is 15.5. The van der Waals surface area contributed by atoms with Crippen molar-refractivity contribution < 1.29 is 0 Å². The van der Waals surface area contributed by atoms with E-state index in [-0.39, 0.29) is 0 Å². The summed E-state index contributed by atoms with van der Waals surface area (Å²) in [6.07, 6.45) is 9.00. The molecule has 1 aliphatic carbocycles. The summed E-state index contributed by atoms with van der Waals surface area (Å²) in [5.74, 6) is 1.60. The van der Waals surface area contributed by atoms with Gasteiger partial charge in [0.1, 0.15) is 0 Å². The zero-order valence-electron chi connectivity index (χ0n) is 13.8. The second kappa shape index (κ2) is 7.23. The first-order valence-corrected chi connectivity index (χ1v) is 9.04. The van der Waals surface area contributed by atoms with Gasteiger partial charge >= 0.3 is 0 Å². The highest BCUT2D eigenvalue weighted by atomic mass is 79.9. The Morgan fingerprint density at radius 1 is 1.33 bits per heavy atom. The number of nitrogens with zero attached hydrogens (tertiary/aromatic N) is 1. The van der Waals surface area contributed by atoms with Crippen LogP contribution in [0.25, 0.3) is 0 Å². The van der Waals surface area contributed by atoms with Crippen LogP contribution in [0, 0.1) is 17.3 Å². The van der Waals surface area contributed by atoms with E-state index in [9.17, 15) is 0 Å². The molecular weight excluding hydrogens is 324 g/mol. The Hall–Kier alpha value is -0.410. The summed E-state index contributed by atoms with van der Waals surface area (Å²) in [7, 11) is 0. The molecule has 0 spiro atoms. The zero-order valence-corrected chi connectivity index (χ0v) is 15.4. The van der Waals surface area contributed by atoms with Gasteiger partial charge in [-0.05, 0) is 70.6 Å². The highest BCUT2D eigenvalue weighted by Crippen LogP contribution is 2.42. The van der Waals surface area contributed by atoms with Crippen molar-refractivity contribution in [1.29, 1.82) is 0 Å². The van der Waals surface area contributed by atoms with Crippen LogP contribution in [0.2, 0.25) is 0 Å². The molecule has 1 aromatic heterocycles. The highest BCUT2D eigenvalue weighted by molar-refractivity contribution is 9.10. The topological polar surface area (TPSA) is 24.9 Å². The number of hydrogen-bond acceptors (Lipinski definition) is 2. The van der Waals surface area contributed by atoms with Gasteiger partial charge in [-0.25, -0.2) is 0 Å². The third-order valence-electron chi connectivity index (χ3n) is 5.00. The summed E-state index contributed by atoms with van der Waals surface area (Å²) >= 11 is 3.54. The third-order valence-corrected chi connectivity index (χ3v) is 5.44. The number of halogens is 1. The molecule has 0 bridgehead atoms. The van der Waals surface area contributed by atoms with Crippen LogP contribution in [-0.2, 0) is 6.42 Å². The SMILES string of the molecule is CCNC1CC(C)CCC1C(C)(C)Cc1cncc(Br)c1. The number of aromatic nitrogens is 1. The Labute approximate surface area is 138 Å². The van der Waals surface area contributed by atoms with E-state index in [1.54, 1.807) is 0 Å². The molecule has 1 aliphatic rings. The van der Waals surface area contributed by atoms with Gasteiger partial charge in [-0.3, -0.25) is 4.98 Å². The molecule has 2 rings (SSSR count). The molecule has 0 saturated heterocycles. The van der Waals surface area contributed by atoms with Gasteiger partial charge in [0.05, 0.1) is 0 Å². The number of rotatable bonds is 5. The van der Waals surface area contributed by atoms with E-state index in [2.05, 4.69) is 60.0 Å². The van der Waals surface area contributed by atoms with Crippen molar-refractivity contribution in [2.45, 2.75) is 59.4 Å². The lowest BCUT2D eigenvalue weighted by molar-refractivity contribution is 0.0949. The van der Waals surface area contributed by atoms with Gasteiger partial charge in [0.15, 0.2) is 0 Å². The van der Waals surface area contributed by atoms with Crippen molar-refractivity contribution in [2.24, 2.45) is 17.3 Å². The van der Waals surface area contributed by atoms with E-state index in [1.165, 1.54) is 24.8 Å². The monoisotopic (exact) mass is 352 g/mol.